The highest BCUT2D eigenvalue weighted by Gasteiger charge is 2.33. The molecule has 29 heavy (non-hydrogen) atoms. The Hall–Kier alpha value is -3.81. The van der Waals surface area contributed by atoms with Crippen LogP contribution in [0, 0.1) is 0 Å². The van der Waals surface area contributed by atoms with Crippen molar-refractivity contribution in [2.75, 3.05) is 6.61 Å². The number of nitrogens with one attached hydrogen (secondary N) is 2. The summed E-state index contributed by atoms with van der Waals surface area (Å²) in [6, 6.07) is 9.74. The number of rotatable bonds is 4. The third kappa shape index (κ3) is 4.06. The number of hydrogen-bond donors (Lipinski definition) is 2. The highest BCUT2D eigenvalue weighted by Crippen LogP contribution is 2.29. The van der Waals surface area contributed by atoms with Crippen molar-refractivity contribution < 1.29 is 28.7 Å². The Morgan fingerprint density at radius 1 is 0.897 bits per heavy atom. The summed E-state index contributed by atoms with van der Waals surface area (Å²) in [5.41, 5.74) is 0.400. The van der Waals surface area contributed by atoms with Gasteiger partial charge in [0, 0.05) is 28.3 Å². The van der Waals surface area contributed by atoms with Gasteiger partial charge in [-0.3, -0.25) is 19.7 Å². The lowest BCUT2D eigenvalue weighted by molar-refractivity contribution is -0.123. The number of hydrogen-bond acceptors (Lipinski definition) is 6. The zero-order chi connectivity index (χ0) is 21.1. The molecule has 3 amide bonds. The predicted molar refractivity (Wildman–Crippen MR) is 102 cm³/mol. The molecule has 0 aromatic heterocycles. The van der Waals surface area contributed by atoms with E-state index >= 15 is 0 Å². The Balaban J connectivity index is 1.78. The molecule has 0 radical (unpaired) electrons. The molecule has 0 bridgehead atoms. The van der Waals surface area contributed by atoms with Crippen molar-refractivity contribution in [1.29, 1.82) is 0 Å². The van der Waals surface area contributed by atoms with Crippen LogP contribution in [0.3, 0.4) is 0 Å². The molecule has 1 aliphatic rings. The van der Waals surface area contributed by atoms with E-state index in [0.717, 1.165) is 0 Å². The second kappa shape index (κ2) is 8.05. The Kier molecular flexibility index (Phi) is 5.54. The molecular formula is C21H18N2O6. The van der Waals surface area contributed by atoms with Crippen molar-refractivity contribution in [2.45, 2.75) is 19.9 Å². The van der Waals surface area contributed by atoms with Crippen LogP contribution in [0.2, 0.25) is 0 Å². The molecule has 2 aromatic carbocycles. The number of fused-ring (bicyclic) bond motifs is 2. The first-order valence-electron chi connectivity index (χ1n) is 8.88. The van der Waals surface area contributed by atoms with Gasteiger partial charge in [-0.25, -0.2) is 9.59 Å². The second-order valence-corrected chi connectivity index (χ2v) is 6.68. The van der Waals surface area contributed by atoms with E-state index in [0.29, 0.717) is 0 Å². The minimum Gasteiger partial charge on any atom is -0.452 e. The molecule has 0 heterocycles. The molecule has 0 unspecified atom stereocenters. The summed E-state index contributed by atoms with van der Waals surface area (Å²) in [6.45, 7) is 2.73. The van der Waals surface area contributed by atoms with Gasteiger partial charge >= 0.3 is 12.0 Å². The smallest absolute Gasteiger partial charge is 0.339 e. The number of esters is 1. The lowest BCUT2D eigenvalue weighted by Gasteiger charge is -2.19. The molecular weight excluding hydrogens is 376 g/mol. The lowest BCUT2D eigenvalue weighted by Crippen LogP contribution is -2.44. The topological polar surface area (TPSA) is 119 Å². The van der Waals surface area contributed by atoms with Crippen LogP contribution in [0.5, 0.6) is 0 Å². The molecule has 0 fully saturated rings. The summed E-state index contributed by atoms with van der Waals surface area (Å²) in [5.74, 6) is -2.60. The molecule has 8 nitrogen and oxygen atoms in total. The van der Waals surface area contributed by atoms with Crippen LogP contribution in [0.1, 0.15) is 56.0 Å². The summed E-state index contributed by atoms with van der Waals surface area (Å²) in [7, 11) is 0. The minimum absolute atomic E-state index is 0.0563. The quantitative estimate of drug-likeness (QED) is 0.652. The molecule has 0 aliphatic heterocycles. The van der Waals surface area contributed by atoms with Gasteiger partial charge in [0.1, 0.15) is 0 Å². The molecule has 0 spiro atoms. The number of amides is 3. The molecule has 0 saturated heterocycles. The van der Waals surface area contributed by atoms with E-state index < -0.39 is 30.3 Å². The number of imide groups is 1. The standard InChI is InChI=1S/C21H18N2O6/c1-11(2)22-21(28)23-16(24)10-29-20(27)15-9-5-8-14-17(15)19(26)13-7-4-3-6-12(13)18(14)25/h3-9,11H,10H2,1-2H3,(H2,22,23,24,28). The average Bonchev–Trinajstić information content (AvgIpc) is 2.69. The van der Waals surface area contributed by atoms with Crippen molar-refractivity contribution in [1.82, 2.24) is 10.6 Å². The Bertz CT molecular complexity index is 1040. The van der Waals surface area contributed by atoms with E-state index in [1.165, 1.54) is 24.3 Å². The van der Waals surface area contributed by atoms with Gasteiger partial charge in [-0.15, -0.1) is 0 Å². The zero-order valence-corrected chi connectivity index (χ0v) is 15.8. The molecule has 8 heteroatoms. The molecule has 0 saturated carbocycles. The Morgan fingerprint density at radius 3 is 2.17 bits per heavy atom. The number of urea groups is 1. The summed E-state index contributed by atoms with van der Waals surface area (Å²) in [6.07, 6.45) is 0. The van der Waals surface area contributed by atoms with Crippen LogP contribution in [-0.4, -0.2) is 42.1 Å². The van der Waals surface area contributed by atoms with Crippen LogP contribution < -0.4 is 10.6 Å². The summed E-state index contributed by atoms with van der Waals surface area (Å²) in [4.78, 5) is 61.3. The van der Waals surface area contributed by atoms with Gasteiger partial charge in [0.25, 0.3) is 5.91 Å². The molecule has 1 aliphatic carbocycles. The normalized spacial score (nSPS) is 12.1. The Labute approximate surface area is 166 Å². The fourth-order valence-corrected chi connectivity index (χ4v) is 2.98. The van der Waals surface area contributed by atoms with Crippen molar-refractivity contribution in [3.8, 4) is 0 Å². The van der Waals surface area contributed by atoms with Crippen LogP contribution in [-0.2, 0) is 9.53 Å². The average molecular weight is 394 g/mol. The zero-order valence-electron chi connectivity index (χ0n) is 15.8. The van der Waals surface area contributed by atoms with Crippen LogP contribution in [0.4, 0.5) is 4.79 Å². The summed E-state index contributed by atoms with van der Waals surface area (Å²) < 4.78 is 4.94. The van der Waals surface area contributed by atoms with Crippen LogP contribution in [0.25, 0.3) is 0 Å². The molecule has 0 atom stereocenters. The van der Waals surface area contributed by atoms with Crippen molar-refractivity contribution in [3.05, 3.63) is 70.3 Å². The van der Waals surface area contributed by atoms with Gasteiger partial charge < -0.3 is 10.1 Å². The maximum Gasteiger partial charge on any atom is 0.339 e. The predicted octanol–water partition coefficient (Wildman–Crippen LogP) is 1.85. The van der Waals surface area contributed by atoms with Crippen LogP contribution >= 0.6 is 0 Å². The highest BCUT2D eigenvalue weighted by atomic mass is 16.5. The van der Waals surface area contributed by atoms with Gasteiger partial charge in [0.05, 0.1) is 5.56 Å². The molecule has 2 aromatic rings. The third-order valence-electron chi connectivity index (χ3n) is 4.18. The number of carbonyl (C=O) groups is 5. The fourth-order valence-electron chi connectivity index (χ4n) is 2.98. The van der Waals surface area contributed by atoms with E-state index in [9.17, 15) is 24.0 Å². The van der Waals surface area contributed by atoms with Crippen LogP contribution in [0.15, 0.2) is 42.5 Å². The second-order valence-electron chi connectivity index (χ2n) is 6.68. The first-order valence-corrected chi connectivity index (χ1v) is 8.88. The van der Waals surface area contributed by atoms with Gasteiger partial charge in [-0.1, -0.05) is 36.4 Å². The fraction of sp³-hybridized carbons (Fsp3) is 0.190. The number of ether oxygens (including phenoxy) is 1. The van der Waals surface area contributed by atoms with Gasteiger partial charge in [0.15, 0.2) is 18.2 Å². The summed E-state index contributed by atoms with van der Waals surface area (Å²) in [5, 5.41) is 4.48. The third-order valence-corrected chi connectivity index (χ3v) is 4.18. The minimum atomic E-state index is -0.943. The maximum atomic E-state index is 12.9. The van der Waals surface area contributed by atoms with E-state index in [-0.39, 0.29) is 39.6 Å². The van der Waals surface area contributed by atoms with Gasteiger partial charge in [-0.2, -0.15) is 0 Å². The first kappa shape index (κ1) is 19.9. The molecule has 3 rings (SSSR count). The van der Waals surface area contributed by atoms with E-state index in [1.807, 2.05) is 5.32 Å². The largest absolute Gasteiger partial charge is 0.452 e. The number of carbonyl (C=O) groups excluding carboxylic acids is 5. The van der Waals surface area contributed by atoms with E-state index in [1.54, 1.807) is 32.0 Å². The van der Waals surface area contributed by atoms with Crippen molar-refractivity contribution in [2.24, 2.45) is 0 Å². The number of benzene rings is 2. The highest BCUT2D eigenvalue weighted by molar-refractivity contribution is 6.30. The van der Waals surface area contributed by atoms with Gasteiger partial charge in [-0.05, 0) is 19.9 Å². The Morgan fingerprint density at radius 2 is 1.52 bits per heavy atom. The monoisotopic (exact) mass is 394 g/mol. The van der Waals surface area contributed by atoms with E-state index in [4.69, 9.17) is 4.74 Å². The summed E-state index contributed by atoms with van der Waals surface area (Å²) >= 11 is 0. The van der Waals surface area contributed by atoms with E-state index in [2.05, 4.69) is 5.32 Å². The van der Waals surface area contributed by atoms with Gasteiger partial charge in [0.2, 0.25) is 0 Å². The first-order chi connectivity index (χ1) is 13.8. The van der Waals surface area contributed by atoms with Crippen molar-refractivity contribution in [3.63, 3.8) is 0 Å². The SMILES string of the molecule is CC(C)NC(=O)NC(=O)COC(=O)c1cccc2c1C(=O)c1ccccc1C2=O. The lowest BCUT2D eigenvalue weighted by atomic mass is 9.82. The molecule has 148 valence electrons. The van der Waals surface area contributed by atoms with Crippen molar-refractivity contribution >= 4 is 29.5 Å². The number of ketones is 2. The molecule has 2 N–H and O–H groups in total. The maximum absolute atomic E-state index is 12.9.